The molecule has 0 aliphatic carbocycles. The molecule has 1 aromatic heterocycles. The molecular formula is C23H24N4O3S. The van der Waals surface area contributed by atoms with E-state index in [1.54, 1.807) is 35.7 Å². The van der Waals surface area contributed by atoms with Gasteiger partial charge in [-0.2, -0.15) is 11.3 Å². The molecule has 3 aromatic rings. The number of carbonyl (C=O) groups is 3. The molecule has 7 nitrogen and oxygen atoms in total. The van der Waals surface area contributed by atoms with Crippen molar-refractivity contribution in [1.82, 2.24) is 5.32 Å². The highest BCUT2D eigenvalue weighted by molar-refractivity contribution is 7.08. The zero-order valence-electron chi connectivity index (χ0n) is 17.1. The van der Waals surface area contributed by atoms with Crippen LogP contribution >= 0.6 is 11.3 Å². The van der Waals surface area contributed by atoms with Crippen LogP contribution < -0.4 is 21.3 Å². The molecule has 0 saturated heterocycles. The first kappa shape index (κ1) is 22.0. The number of hydrogen-bond donors (Lipinski definition) is 4. The number of anilines is 3. The van der Waals surface area contributed by atoms with Gasteiger partial charge in [-0.05, 0) is 54.6 Å². The number of rotatable bonds is 8. The topological polar surface area (TPSA) is 99.3 Å². The van der Waals surface area contributed by atoms with Gasteiger partial charge in [-0.15, -0.1) is 0 Å². The first-order valence-electron chi connectivity index (χ1n) is 9.85. The fraction of sp³-hybridized carbons (Fsp3) is 0.174. The average molecular weight is 437 g/mol. The quantitative estimate of drug-likeness (QED) is 0.380. The average Bonchev–Trinajstić information content (AvgIpc) is 3.29. The van der Waals surface area contributed by atoms with Gasteiger partial charge < -0.3 is 21.3 Å². The minimum atomic E-state index is -0.367. The second-order valence-corrected chi connectivity index (χ2v) is 7.67. The van der Waals surface area contributed by atoms with Crippen LogP contribution in [0.15, 0.2) is 65.4 Å². The van der Waals surface area contributed by atoms with Crippen LogP contribution in [-0.4, -0.2) is 24.4 Å². The minimum Gasteiger partial charge on any atom is -0.352 e. The van der Waals surface area contributed by atoms with Gasteiger partial charge in [0.05, 0.1) is 0 Å². The molecule has 0 saturated carbocycles. The zero-order chi connectivity index (χ0) is 22.1. The van der Waals surface area contributed by atoms with E-state index in [1.165, 1.54) is 11.3 Å². The second-order valence-electron chi connectivity index (χ2n) is 6.89. The van der Waals surface area contributed by atoms with Crippen LogP contribution in [0.3, 0.4) is 0 Å². The van der Waals surface area contributed by atoms with Gasteiger partial charge in [-0.1, -0.05) is 24.3 Å². The van der Waals surface area contributed by atoms with Crippen molar-refractivity contribution in [3.05, 3.63) is 76.5 Å². The summed E-state index contributed by atoms with van der Waals surface area (Å²) in [5.41, 5.74) is 3.40. The summed E-state index contributed by atoms with van der Waals surface area (Å²) in [5.74, 6) is -0.288. The van der Waals surface area contributed by atoms with Gasteiger partial charge in [0, 0.05) is 41.0 Å². The van der Waals surface area contributed by atoms with Crippen LogP contribution in [0.25, 0.3) is 0 Å². The Balaban J connectivity index is 1.46. The fourth-order valence-corrected chi connectivity index (χ4v) is 3.44. The van der Waals surface area contributed by atoms with Gasteiger partial charge >= 0.3 is 6.03 Å². The second kappa shape index (κ2) is 10.9. The van der Waals surface area contributed by atoms with Crippen molar-refractivity contribution in [2.45, 2.75) is 19.8 Å². The normalized spacial score (nSPS) is 10.2. The van der Waals surface area contributed by atoms with Crippen molar-refractivity contribution in [1.29, 1.82) is 0 Å². The van der Waals surface area contributed by atoms with Crippen molar-refractivity contribution in [3.63, 3.8) is 0 Å². The van der Waals surface area contributed by atoms with Crippen molar-refractivity contribution in [3.8, 4) is 0 Å². The predicted octanol–water partition coefficient (Wildman–Crippen LogP) is 4.85. The zero-order valence-corrected chi connectivity index (χ0v) is 17.9. The van der Waals surface area contributed by atoms with E-state index in [0.717, 1.165) is 5.56 Å². The third-order valence-electron chi connectivity index (χ3n) is 4.45. The summed E-state index contributed by atoms with van der Waals surface area (Å²) < 4.78 is 0. The van der Waals surface area contributed by atoms with Crippen molar-refractivity contribution in [2.75, 3.05) is 22.5 Å². The van der Waals surface area contributed by atoms with Gasteiger partial charge in [-0.25, -0.2) is 4.79 Å². The molecule has 0 unspecified atom stereocenters. The highest BCUT2D eigenvalue weighted by atomic mass is 32.1. The highest BCUT2D eigenvalue weighted by Crippen LogP contribution is 2.21. The summed E-state index contributed by atoms with van der Waals surface area (Å²) in [6.45, 7) is 2.30. The molecule has 0 bridgehead atoms. The largest absolute Gasteiger partial charge is 0.352 e. The number of hydrogen-bond acceptors (Lipinski definition) is 4. The Labute approximate surface area is 184 Å². The SMILES string of the molecule is Cc1ccc(NC(=O)Nc2ccccc2)cc1NC(=O)CCCNC(=O)c1ccsc1. The van der Waals surface area contributed by atoms with Gasteiger partial charge in [-0.3, -0.25) is 9.59 Å². The van der Waals surface area contributed by atoms with Crippen molar-refractivity contribution >= 4 is 46.2 Å². The van der Waals surface area contributed by atoms with E-state index in [9.17, 15) is 14.4 Å². The molecule has 0 fully saturated rings. The standard InChI is InChI=1S/C23H24N4O3S/c1-16-9-10-19(26-23(30)25-18-6-3-2-4-7-18)14-20(16)27-21(28)8-5-12-24-22(29)17-11-13-31-15-17/h2-4,6-7,9-11,13-15H,5,8,12H2,1H3,(H,24,29)(H,27,28)(H2,25,26,30). The van der Waals surface area contributed by atoms with Gasteiger partial charge in [0.25, 0.3) is 5.91 Å². The van der Waals surface area contributed by atoms with E-state index < -0.39 is 0 Å². The van der Waals surface area contributed by atoms with E-state index >= 15 is 0 Å². The molecular weight excluding hydrogens is 412 g/mol. The van der Waals surface area contributed by atoms with Gasteiger partial charge in [0.2, 0.25) is 5.91 Å². The Hall–Kier alpha value is -3.65. The molecule has 160 valence electrons. The minimum absolute atomic E-state index is 0.134. The van der Waals surface area contributed by atoms with Crippen LogP contribution in [-0.2, 0) is 4.79 Å². The number of urea groups is 1. The number of aryl methyl sites for hydroxylation is 1. The van der Waals surface area contributed by atoms with Crippen LogP contribution in [0.2, 0.25) is 0 Å². The van der Waals surface area contributed by atoms with Crippen LogP contribution in [0, 0.1) is 6.92 Å². The monoisotopic (exact) mass is 436 g/mol. The summed E-state index contributed by atoms with van der Waals surface area (Å²) in [5, 5.41) is 14.8. The van der Waals surface area contributed by atoms with Gasteiger partial charge in [0.15, 0.2) is 0 Å². The molecule has 4 N–H and O–H groups in total. The number of benzene rings is 2. The van der Waals surface area contributed by atoms with Crippen molar-refractivity contribution < 1.29 is 14.4 Å². The Morgan fingerprint density at radius 2 is 1.68 bits per heavy atom. The Kier molecular flexibility index (Phi) is 7.78. The third kappa shape index (κ3) is 6.97. The summed E-state index contributed by atoms with van der Waals surface area (Å²) in [7, 11) is 0. The maximum atomic E-state index is 12.3. The maximum absolute atomic E-state index is 12.3. The highest BCUT2D eigenvalue weighted by Gasteiger charge is 2.09. The molecule has 0 spiro atoms. The van der Waals surface area contributed by atoms with E-state index in [2.05, 4.69) is 21.3 Å². The molecule has 0 radical (unpaired) electrons. The molecule has 0 atom stereocenters. The number of carbonyl (C=O) groups excluding carboxylic acids is 3. The summed E-state index contributed by atoms with van der Waals surface area (Å²) in [6, 6.07) is 15.8. The molecule has 1 heterocycles. The lowest BCUT2D eigenvalue weighted by atomic mass is 10.1. The van der Waals surface area contributed by atoms with Gasteiger partial charge in [0.1, 0.15) is 0 Å². The molecule has 4 amide bonds. The van der Waals surface area contributed by atoms with Crippen molar-refractivity contribution in [2.24, 2.45) is 0 Å². The number of nitrogens with one attached hydrogen (secondary N) is 4. The molecule has 31 heavy (non-hydrogen) atoms. The number of para-hydroxylation sites is 1. The lowest BCUT2D eigenvalue weighted by Gasteiger charge is -2.12. The summed E-state index contributed by atoms with van der Waals surface area (Å²) >= 11 is 1.46. The van der Waals surface area contributed by atoms with E-state index in [1.807, 2.05) is 36.6 Å². The number of amides is 4. The lowest BCUT2D eigenvalue weighted by Crippen LogP contribution is -2.25. The fourth-order valence-electron chi connectivity index (χ4n) is 2.81. The first-order valence-corrected chi connectivity index (χ1v) is 10.8. The molecule has 2 aromatic carbocycles. The maximum Gasteiger partial charge on any atom is 0.323 e. The lowest BCUT2D eigenvalue weighted by molar-refractivity contribution is -0.116. The van der Waals surface area contributed by atoms with Crippen LogP contribution in [0.5, 0.6) is 0 Å². The Bertz CT molecular complexity index is 1040. The molecule has 8 heteroatoms. The van der Waals surface area contributed by atoms with Crippen LogP contribution in [0.1, 0.15) is 28.8 Å². The predicted molar refractivity (Wildman–Crippen MR) is 125 cm³/mol. The summed E-state index contributed by atoms with van der Waals surface area (Å²) in [6.07, 6.45) is 0.799. The Morgan fingerprint density at radius 3 is 2.42 bits per heavy atom. The summed E-state index contributed by atoms with van der Waals surface area (Å²) in [4.78, 5) is 36.3. The van der Waals surface area contributed by atoms with E-state index in [-0.39, 0.29) is 24.3 Å². The van der Waals surface area contributed by atoms with E-state index in [4.69, 9.17) is 0 Å². The molecule has 0 aliphatic rings. The van der Waals surface area contributed by atoms with Crippen LogP contribution in [0.4, 0.5) is 21.9 Å². The Morgan fingerprint density at radius 1 is 0.903 bits per heavy atom. The molecule has 0 aliphatic heterocycles. The van der Waals surface area contributed by atoms with E-state index in [0.29, 0.717) is 35.6 Å². The smallest absolute Gasteiger partial charge is 0.323 e. The first-order chi connectivity index (χ1) is 15.0. The molecule has 3 rings (SSSR count). The third-order valence-corrected chi connectivity index (χ3v) is 5.13. The number of thiophene rings is 1.